The molecule has 0 heterocycles. The van der Waals surface area contributed by atoms with E-state index in [1.807, 2.05) is 0 Å². The summed E-state index contributed by atoms with van der Waals surface area (Å²) in [6, 6.07) is 4.21. The van der Waals surface area contributed by atoms with E-state index in [4.69, 9.17) is 0 Å². The van der Waals surface area contributed by atoms with Gasteiger partial charge in [0.2, 0.25) is 5.91 Å². The third kappa shape index (κ3) is 3.00. The van der Waals surface area contributed by atoms with E-state index in [0.29, 0.717) is 12.3 Å². The van der Waals surface area contributed by atoms with Crippen molar-refractivity contribution < 1.29 is 19.4 Å². The summed E-state index contributed by atoms with van der Waals surface area (Å²) in [5, 5.41) is 12.2. The van der Waals surface area contributed by atoms with Crippen LogP contribution in [0.4, 0.5) is 5.69 Å². The van der Waals surface area contributed by atoms with Crippen molar-refractivity contribution in [3.63, 3.8) is 0 Å². The lowest BCUT2D eigenvalue weighted by Gasteiger charge is -2.08. The predicted molar refractivity (Wildman–Crippen MR) is 65.4 cm³/mol. The van der Waals surface area contributed by atoms with Crippen LogP contribution < -0.4 is 5.32 Å². The van der Waals surface area contributed by atoms with Gasteiger partial charge in [-0.25, -0.2) is 4.79 Å². The Balaban J connectivity index is 2.09. The summed E-state index contributed by atoms with van der Waals surface area (Å²) in [6.07, 6.45) is 2.63. The van der Waals surface area contributed by atoms with Crippen molar-refractivity contribution >= 4 is 17.6 Å². The van der Waals surface area contributed by atoms with E-state index < -0.39 is 5.97 Å². The average molecular weight is 249 g/mol. The van der Waals surface area contributed by atoms with E-state index >= 15 is 0 Å². The van der Waals surface area contributed by atoms with E-state index in [0.717, 1.165) is 12.8 Å². The van der Waals surface area contributed by atoms with E-state index in [9.17, 15) is 14.7 Å². The maximum Gasteiger partial charge on any atom is 0.337 e. The van der Waals surface area contributed by atoms with Crippen LogP contribution in [0.25, 0.3) is 0 Å². The summed E-state index contributed by atoms with van der Waals surface area (Å²) in [5.41, 5.74) is 0.528. The molecule has 2 rings (SSSR count). The first kappa shape index (κ1) is 12.4. The first-order valence-corrected chi connectivity index (χ1v) is 5.81. The van der Waals surface area contributed by atoms with E-state index in [2.05, 4.69) is 10.1 Å². The Kier molecular flexibility index (Phi) is 3.50. The number of hydrogen-bond acceptors (Lipinski definition) is 4. The number of nitrogens with one attached hydrogen (secondary N) is 1. The van der Waals surface area contributed by atoms with Gasteiger partial charge < -0.3 is 15.2 Å². The molecule has 0 aromatic heterocycles. The highest BCUT2D eigenvalue weighted by Gasteiger charge is 2.24. The molecule has 1 aliphatic carbocycles. The summed E-state index contributed by atoms with van der Waals surface area (Å²) < 4.78 is 4.58. The number of aromatic hydroxyl groups is 1. The highest BCUT2D eigenvalue weighted by molar-refractivity contribution is 5.96. The number of esters is 1. The van der Waals surface area contributed by atoms with Gasteiger partial charge in [-0.3, -0.25) is 4.79 Å². The van der Waals surface area contributed by atoms with Crippen LogP contribution in [-0.4, -0.2) is 24.1 Å². The lowest BCUT2D eigenvalue weighted by Crippen LogP contribution is -2.12. The van der Waals surface area contributed by atoms with Crippen molar-refractivity contribution in [2.75, 3.05) is 12.4 Å². The van der Waals surface area contributed by atoms with Crippen molar-refractivity contribution in [1.82, 2.24) is 0 Å². The normalized spacial score (nSPS) is 14.1. The zero-order valence-corrected chi connectivity index (χ0v) is 10.1. The Morgan fingerprint density at radius 2 is 2.17 bits per heavy atom. The smallest absolute Gasteiger partial charge is 0.337 e. The fraction of sp³-hybridized carbons (Fsp3) is 0.385. The maximum atomic E-state index is 11.6. The number of phenols is 1. The van der Waals surface area contributed by atoms with Crippen LogP contribution in [0.15, 0.2) is 18.2 Å². The van der Waals surface area contributed by atoms with E-state index in [1.165, 1.54) is 25.3 Å². The molecule has 0 bridgehead atoms. The minimum Gasteiger partial charge on any atom is -0.506 e. The lowest BCUT2D eigenvalue weighted by molar-refractivity contribution is -0.116. The zero-order valence-electron chi connectivity index (χ0n) is 10.1. The van der Waals surface area contributed by atoms with Crippen LogP contribution in [0.1, 0.15) is 29.6 Å². The van der Waals surface area contributed by atoms with Crippen LogP contribution in [0.5, 0.6) is 5.75 Å². The van der Waals surface area contributed by atoms with Crippen molar-refractivity contribution in [2.24, 2.45) is 5.92 Å². The van der Waals surface area contributed by atoms with E-state index in [-0.39, 0.29) is 22.9 Å². The van der Waals surface area contributed by atoms with E-state index in [1.54, 1.807) is 0 Å². The quantitative estimate of drug-likeness (QED) is 0.631. The predicted octanol–water partition coefficient (Wildman–Crippen LogP) is 1.92. The number of ether oxygens (including phenoxy) is 1. The van der Waals surface area contributed by atoms with Gasteiger partial charge in [0, 0.05) is 6.42 Å². The Bertz CT molecular complexity index is 480. The van der Waals surface area contributed by atoms with Gasteiger partial charge in [0.25, 0.3) is 0 Å². The number of hydrogen-bond donors (Lipinski definition) is 2. The van der Waals surface area contributed by atoms with Gasteiger partial charge in [0.15, 0.2) is 0 Å². The van der Waals surface area contributed by atoms with Crippen molar-refractivity contribution in [3.05, 3.63) is 23.8 Å². The molecule has 5 heteroatoms. The second kappa shape index (κ2) is 5.08. The van der Waals surface area contributed by atoms with Gasteiger partial charge >= 0.3 is 5.97 Å². The van der Waals surface area contributed by atoms with Gasteiger partial charge in [0.05, 0.1) is 18.4 Å². The molecule has 0 unspecified atom stereocenters. The number of carbonyl (C=O) groups excluding carboxylic acids is 2. The van der Waals surface area contributed by atoms with Crippen molar-refractivity contribution in [2.45, 2.75) is 19.3 Å². The summed E-state index contributed by atoms with van der Waals surface area (Å²) in [6.45, 7) is 0. The molecule has 1 aliphatic rings. The SMILES string of the molecule is COC(=O)c1ccc(O)c(NC(=O)CC2CC2)c1. The first-order chi connectivity index (χ1) is 8.60. The molecule has 96 valence electrons. The molecule has 1 saturated carbocycles. The van der Waals surface area contributed by atoms with Crippen LogP contribution in [0, 0.1) is 5.92 Å². The van der Waals surface area contributed by atoms with Gasteiger partial charge in [-0.15, -0.1) is 0 Å². The minimum atomic E-state index is -0.507. The molecule has 1 amide bonds. The number of carbonyl (C=O) groups is 2. The third-order valence-electron chi connectivity index (χ3n) is 2.86. The second-order valence-electron chi connectivity index (χ2n) is 4.42. The van der Waals surface area contributed by atoms with Gasteiger partial charge in [-0.2, -0.15) is 0 Å². The monoisotopic (exact) mass is 249 g/mol. The molecular weight excluding hydrogens is 234 g/mol. The highest BCUT2D eigenvalue weighted by Crippen LogP contribution is 2.33. The molecule has 0 spiro atoms. The molecule has 1 aromatic carbocycles. The van der Waals surface area contributed by atoms with Crippen LogP contribution >= 0.6 is 0 Å². The average Bonchev–Trinajstić information content (AvgIpc) is 3.14. The zero-order chi connectivity index (χ0) is 13.1. The number of methoxy groups -OCH3 is 1. The second-order valence-corrected chi connectivity index (χ2v) is 4.42. The maximum absolute atomic E-state index is 11.6. The highest BCUT2D eigenvalue weighted by atomic mass is 16.5. The number of phenolic OH excluding ortho intramolecular Hbond substituents is 1. The number of amides is 1. The Morgan fingerprint density at radius 1 is 1.44 bits per heavy atom. The van der Waals surface area contributed by atoms with Crippen LogP contribution in [0.3, 0.4) is 0 Å². The van der Waals surface area contributed by atoms with Gasteiger partial charge in [-0.1, -0.05) is 0 Å². The molecule has 0 radical (unpaired) electrons. The fourth-order valence-corrected chi connectivity index (χ4v) is 1.67. The van der Waals surface area contributed by atoms with Crippen molar-refractivity contribution in [3.8, 4) is 5.75 Å². The third-order valence-corrected chi connectivity index (χ3v) is 2.86. The number of anilines is 1. The molecule has 0 saturated heterocycles. The van der Waals surface area contributed by atoms with Crippen LogP contribution in [-0.2, 0) is 9.53 Å². The Labute approximate surface area is 105 Å². The summed E-state index contributed by atoms with van der Waals surface area (Å²) in [7, 11) is 1.28. The topological polar surface area (TPSA) is 75.6 Å². The largest absolute Gasteiger partial charge is 0.506 e. The molecule has 18 heavy (non-hydrogen) atoms. The van der Waals surface area contributed by atoms with Gasteiger partial charge in [0.1, 0.15) is 5.75 Å². The molecule has 1 fully saturated rings. The molecular formula is C13H15NO4. The lowest BCUT2D eigenvalue weighted by atomic mass is 10.1. The molecule has 2 N–H and O–H groups in total. The first-order valence-electron chi connectivity index (χ1n) is 5.81. The Hall–Kier alpha value is -2.04. The molecule has 1 aromatic rings. The summed E-state index contributed by atoms with van der Waals surface area (Å²) in [4.78, 5) is 23.0. The number of benzene rings is 1. The van der Waals surface area contributed by atoms with Gasteiger partial charge in [-0.05, 0) is 37.0 Å². The molecule has 0 atom stereocenters. The van der Waals surface area contributed by atoms with Crippen LogP contribution in [0.2, 0.25) is 0 Å². The number of rotatable bonds is 4. The molecule has 0 aliphatic heterocycles. The standard InChI is InChI=1S/C13H15NO4/c1-18-13(17)9-4-5-11(15)10(7-9)14-12(16)6-8-2-3-8/h4-5,7-8,15H,2-3,6H2,1H3,(H,14,16). The summed E-state index contributed by atoms with van der Waals surface area (Å²) in [5.74, 6) is -0.245. The fourth-order valence-electron chi connectivity index (χ4n) is 1.67. The van der Waals surface area contributed by atoms with Crippen molar-refractivity contribution in [1.29, 1.82) is 0 Å². The Morgan fingerprint density at radius 3 is 2.78 bits per heavy atom. The minimum absolute atomic E-state index is 0.0631. The summed E-state index contributed by atoms with van der Waals surface area (Å²) >= 11 is 0. The molecule has 5 nitrogen and oxygen atoms in total.